The fourth-order valence-corrected chi connectivity index (χ4v) is 4.68. The van der Waals surface area contributed by atoms with Crippen molar-refractivity contribution in [3.8, 4) is 0 Å². The number of rotatable bonds is 2. The number of thiophene rings is 1. The van der Waals surface area contributed by atoms with Gasteiger partial charge in [-0.05, 0) is 62.6 Å². The van der Waals surface area contributed by atoms with E-state index in [9.17, 15) is 5.11 Å². The summed E-state index contributed by atoms with van der Waals surface area (Å²) in [7, 11) is 0. The van der Waals surface area contributed by atoms with E-state index in [1.165, 1.54) is 19.3 Å². The molecule has 1 N–H and O–H groups in total. The van der Waals surface area contributed by atoms with Gasteiger partial charge in [0.2, 0.25) is 0 Å². The van der Waals surface area contributed by atoms with E-state index in [4.69, 9.17) is 0 Å². The standard InChI is InChI=1S/C12H16Br2OS/c1-7-3-2-4-8(5-7)11(15)10-6-9(13)12(14)16-10/h6-8,11,15H,2-5H2,1H3. The zero-order chi connectivity index (χ0) is 11.7. The van der Waals surface area contributed by atoms with Gasteiger partial charge in [0.1, 0.15) is 0 Å². The summed E-state index contributed by atoms with van der Waals surface area (Å²) in [5, 5.41) is 10.4. The number of halogens is 2. The van der Waals surface area contributed by atoms with Gasteiger partial charge in [-0.25, -0.2) is 0 Å². The zero-order valence-electron chi connectivity index (χ0n) is 9.25. The monoisotopic (exact) mass is 366 g/mol. The molecule has 1 aliphatic carbocycles. The van der Waals surface area contributed by atoms with Crippen LogP contribution in [-0.4, -0.2) is 5.11 Å². The predicted molar refractivity (Wildman–Crippen MR) is 75.8 cm³/mol. The highest BCUT2D eigenvalue weighted by Gasteiger charge is 2.27. The lowest BCUT2D eigenvalue weighted by Crippen LogP contribution is -2.19. The van der Waals surface area contributed by atoms with Crippen LogP contribution in [0.25, 0.3) is 0 Å². The van der Waals surface area contributed by atoms with Crippen molar-refractivity contribution in [2.75, 3.05) is 0 Å². The Bertz CT molecular complexity index is 344. The molecule has 0 aromatic carbocycles. The number of aliphatic hydroxyl groups excluding tert-OH is 1. The minimum Gasteiger partial charge on any atom is -0.387 e. The van der Waals surface area contributed by atoms with Gasteiger partial charge in [0.05, 0.1) is 9.89 Å². The molecule has 3 unspecified atom stereocenters. The Kier molecular flexibility index (Phi) is 4.50. The molecule has 4 heteroatoms. The van der Waals surface area contributed by atoms with Crippen molar-refractivity contribution in [2.24, 2.45) is 11.8 Å². The van der Waals surface area contributed by atoms with Crippen LogP contribution < -0.4 is 0 Å². The van der Waals surface area contributed by atoms with Gasteiger partial charge in [-0.15, -0.1) is 11.3 Å². The largest absolute Gasteiger partial charge is 0.387 e. The molecule has 16 heavy (non-hydrogen) atoms. The van der Waals surface area contributed by atoms with Crippen LogP contribution in [0.4, 0.5) is 0 Å². The normalized spacial score (nSPS) is 28.0. The van der Waals surface area contributed by atoms with Crippen LogP contribution >= 0.6 is 43.2 Å². The fraction of sp³-hybridized carbons (Fsp3) is 0.667. The van der Waals surface area contributed by atoms with Crippen LogP contribution in [0.5, 0.6) is 0 Å². The summed E-state index contributed by atoms with van der Waals surface area (Å²) in [6, 6.07) is 2.04. The molecular weight excluding hydrogens is 352 g/mol. The minimum atomic E-state index is -0.282. The van der Waals surface area contributed by atoms with Gasteiger partial charge in [0.15, 0.2) is 0 Å². The summed E-state index contributed by atoms with van der Waals surface area (Å²) in [5.41, 5.74) is 0. The van der Waals surface area contributed by atoms with Crippen LogP contribution in [0.2, 0.25) is 0 Å². The lowest BCUT2D eigenvalue weighted by atomic mass is 9.79. The molecule has 1 saturated carbocycles. The number of hydrogen-bond acceptors (Lipinski definition) is 2. The molecule has 1 aliphatic rings. The average Bonchev–Trinajstić information content (AvgIpc) is 2.58. The molecule has 1 fully saturated rings. The molecule has 1 aromatic rings. The van der Waals surface area contributed by atoms with E-state index in [-0.39, 0.29) is 6.10 Å². The molecule has 0 bridgehead atoms. The molecule has 0 spiro atoms. The third-order valence-electron chi connectivity index (χ3n) is 3.38. The van der Waals surface area contributed by atoms with E-state index in [1.54, 1.807) is 11.3 Å². The lowest BCUT2D eigenvalue weighted by Gasteiger charge is -2.29. The SMILES string of the molecule is CC1CCCC(C(O)c2cc(Br)c(Br)s2)C1. The molecule has 0 aliphatic heterocycles. The molecule has 0 saturated heterocycles. The van der Waals surface area contributed by atoms with E-state index in [2.05, 4.69) is 38.8 Å². The molecule has 2 rings (SSSR count). The van der Waals surface area contributed by atoms with Crippen molar-refractivity contribution in [1.82, 2.24) is 0 Å². The summed E-state index contributed by atoms with van der Waals surface area (Å²) in [6.07, 6.45) is 4.63. The van der Waals surface area contributed by atoms with E-state index in [0.717, 1.165) is 25.5 Å². The smallest absolute Gasteiger partial charge is 0.0910 e. The lowest BCUT2D eigenvalue weighted by molar-refractivity contribution is 0.0742. The van der Waals surface area contributed by atoms with E-state index >= 15 is 0 Å². The van der Waals surface area contributed by atoms with Crippen molar-refractivity contribution in [2.45, 2.75) is 38.7 Å². The molecule has 90 valence electrons. The molecular formula is C12H16Br2OS. The van der Waals surface area contributed by atoms with Crippen molar-refractivity contribution in [1.29, 1.82) is 0 Å². The van der Waals surface area contributed by atoms with Crippen molar-refractivity contribution >= 4 is 43.2 Å². The second-order valence-corrected chi connectivity index (χ2v) is 8.00. The first-order valence-electron chi connectivity index (χ1n) is 5.70. The van der Waals surface area contributed by atoms with Crippen LogP contribution in [0.1, 0.15) is 43.6 Å². The van der Waals surface area contributed by atoms with Gasteiger partial charge >= 0.3 is 0 Å². The maximum atomic E-state index is 10.4. The Morgan fingerprint density at radius 2 is 2.19 bits per heavy atom. The highest BCUT2D eigenvalue weighted by Crippen LogP contribution is 2.42. The minimum absolute atomic E-state index is 0.282. The van der Waals surface area contributed by atoms with Crippen molar-refractivity contribution in [3.63, 3.8) is 0 Å². The number of hydrogen-bond donors (Lipinski definition) is 1. The molecule has 1 nitrogen and oxygen atoms in total. The van der Waals surface area contributed by atoms with Gasteiger partial charge in [-0.2, -0.15) is 0 Å². The van der Waals surface area contributed by atoms with Crippen LogP contribution in [0.15, 0.2) is 14.3 Å². The van der Waals surface area contributed by atoms with E-state index in [0.29, 0.717) is 5.92 Å². The second kappa shape index (κ2) is 5.51. The topological polar surface area (TPSA) is 20.2 Å². The quantitative estimate of drug-likeness (QED) is 0.767. The second-order valence-electron chi connectivity index (χ2n) is 4.75. The van der Waals surface area contributed by atoms with Crippen LogP contribution in [0, 0.1) is 11.8 Å². The van der Waals surface area contributed by atoms with E-state index in [1.807, 2.05) is 6.07 Å². The zero-order valence-corrected chi connectivity index (χ0v) is 13.2. The molecule has 3 atom stereocenters. The summed E-state index contributed by atoms with van der Waals surface area (Å²) in [4.78, 5) is 1.08. The highest BCUT2D eigenvalue weighted by molar-refractivity contribution is 9.13. The first-order valence-corrected chi connectivity index (χ1v) is 8.11. The predicted octanol–water partition coefficient (Wildman–Crippen LogP) is 5.13. The Morgan fingerprint density at radius 1 is 1.44 bits per heavy atom. The van der Waals surface area contributed by atoms with Gasteiger partial charge in [-0.3, -0.25) is 0 Å². The Hall–Kier alpha value is 0.620. The fourth-order valence-electron chi connectivity index (χ4n) is 2.51. The summed E-state index contributed by atoms with van der Waals surface area (Å²) in [5.74, 6) is 1.21. The van der Waals surface area contributed by atoms with Gasteiger partial charge in [0.25, 0.3) is 0 Å². The Morgan fingerprint density at radius 3 is 2.75 bits per heavy atom. The molecule has 0 amide bonds. The highest BCUT2D eigenvalue weighted by atomic mass is 79.9. The van der Waals surface area contributed by atoms with Gasteiger partial charge in [0, 0.05) is 9.35 Å². The first-order chi connectivity index (χ1) is 7.58. The summed E-state index contributed by atoms with van der Waals surface area (Å²) in [6.45, 7) is 2.29. The third-order valence-corrected chi connectivity index (χ3v) is 6.71. The van der Waals surface area contributed by atoms with Crippen LogP contribution in [0.3, 0.4) is 0 Å². The maximum Gasteiger partial charge on any atom is 0.0910 e. The van der Waals surface area contributed by atoms with Gasteiger partial charge < -0.3 is 5.11 Å². The summed E-state index contributed by atoms with van der Waals surface area (Å²) >= 11 is 8.59. The number of aliphatic hydroxyl groups is 1. The summed E-state index contributed by atoms with van der Waals surface area (Å²) < 4.78 is 2.13. The average molecular weight is 368 g/mol. The molecule has 1 aromatic heterocycles. The van der Waals surface area contributed by atoms with Crippen molar-refractivity contribution in [3.05, 3.63) is 19.2 Å². The maximum absolute atomic E-state index is 10.4. The molecule has 0 radical (unpaired) electrons. The Labute approximate surface area is 118 Å². The van der Waals surface area contributed by atoms with Gasteiger partial charge in [-0.1, -0.05) is 19.8 Å². The first kappa shape index (κ1) is 13.1. The van der Waals surface area contributed by atoms with E-state index < -0.39 is 0 Å². The molecule has 1 heterocycles. The third kappa shape index (κ3) is 2.89. The van der Waals surface area contributed by atoms with Crippen molar-refractivity contribution < 1.29 is 5.11 Å². The van der Waals surface area contributed by atoms with Crippen LogP contribution in [-0.2, 0) is 0 Å². The Balaban J connectivity index is 2.08.